The minimum atomic E-state index is -0.252. The van der Waals surface area contributed by atoms with E-state index in [4.69, 9.17) is 51.1 Å². The van der Waals surface area contributed by atoms with Gasteiger partial charge in [-0.05, 0) is 38.1 Å². The molecule has 2 nitrogen and oxygen atoms in total. The lowest BCUT2D eigenvalue weighted by Gasteiger charge is -2.30. The fourth-order valence-corrected chi connectivity index (χ4v) is 2.91. The molecule has 0 saturated heterocycles. The molecule has 22 heavy (non-hydrogen) atoms. The van der Waals surface area contributed by atoms with Gasteiger partial charge in [0.2, 0.25) is 0 Å². The van der Waals surface area contributed by atoms with Gasteiger partial charge in [-0.15, -0.1) is 0 Å². The zero-order valence-corrected chi connectivity index (χ0v) is 15.1. The maximum absolute atomic E-state index is 6.16. The lowest BCUT2D eigenvalue weighted by Crippen LogP contribution is -2.37. The third-order valence-corrected chi connectivity index (χ3v) is 4.44. The normalized spacial score (nSPS) is 12.1. The number of hydrogen-bond acceptors (Lipinski definition) is 2. The first-order valence-electron chi connectivity index (χ1n) is 6.75. The Morgan fingerprint density at radius 2 is 1.68 bits per heavy atom. The highest BCUT2D eigenvalue weighted by molar-refractivity contribution is 6.43. The van der Waals surface area contributed by atoms with E-state index >= 15 is 0 Å². The molecule has 0 N–H and O–H groups in total. The molecule has 0 saturated carbocycles. The third-order valence-electron chi connectivity index (χ3n) is 3.19. The second-order valence-electron chi connectivity index (χ2n) is 4.68. The van der Waals surface area contributed by atoms with Crippen LogP contribution >= 0.6 is 46.4 Å². The van der Waals surface area contributed by atoms with Crippen LogP contribution < -0.4 is 9.64 Å². The largest absolute Gasteiger partial charge is 0.469 e. The lowest BCUT2D eigenvalue weighted by molar-refractivity contribution is 0.216. The Labute approximate surface area is 150 Å². The van der Waals surface area contributed by atoms with Crippen molar-refractivity contribution in [2.24, 2.45) is 0 Å². The van der Waals surface area contributed by atoms with Gasteiger partial charge in [-0.1, -0.05) is 52.5 Å². The highest BCUT2D eigenvalue weighted by atomic mass is 35.5. The van der Waals surface area contributed by atoms with Gasteiger partial charge in [-0.25, -0.2) is 0 Å². The Morgan fingerprint density at radius 1 is 1.00 bits per heavy atom. The number of rotatable bonds is 5. The molecule has 1 unspecified atom stereocenters. The Bertz CT molecular complexity index is 663. The highest BCUT2D eigenvalue weighted by Crippen LogP contribution is 2.35. The average Bonchev–Trinajstić information content (AvgIpc) is 2.45. The second kappa shape index (κ2) is 7.65. The van der Waals surface area contributed by atoms with E-state index in [2.05, 4.69) is 4.90 Å². The molecule has 6 heteroatoms. The van der Waals surface area contributed by atoms with Crippen LogP contribution in [0.15, 0.2) is 36.4 Å². The van der Waals surface area contributed by atoms with Crippen LogP contribution in [-0.4, -0.2) is 12.8 Å². The highest BCUT2D eigenvalue weighted by Gasteiger charge is 2.17. The van der Waals surface area contributed by atoms with Crippen molar-refractivity contribution >= 4 is 52.1 Å². The fourth-order valence-electron chi connectivity index (χ4n) is 2.15. The summed E-state index contributed by atoms with van der Waals surface area (Å²) in [5, 5.41) is 1.90. The molecule has 2 aromatic rings. The van der Waals surface area contributed by atoms with Crippen LogP contribution in [-0.2, 0) is 0 Å². The third kappa shape index (κ3) is 4.14. The molecule has 118 valence electrons. The minimum Gasteiger partial charge on any atom is -0.469 e. The Morgan fingerprint density at radius 3 is 2.32 bits per heavy atom. The molecule has 0 amide bonds. The van der Waals surface area contributed by atoms with Gasteiger partial charge in [0, 0.05) is 23.3 Å². The van der Waals surface area contributed by atoms with Gasteiger partial charge in [-0.2, -0.15) is 0 Å². The van der Waals surface area contributed by atoms with Gasteiger partial charge < -0.3 is 9.64 Å². The molecule has 2 aromatic carbocycles. The standard InChI is InChI=1S/C16H15Cl4NO/c1-3-21(12-6-4-5-11(17)7-12)10(2)22-16-9-14(19)13(18)8-15(16)20/h4-10H,3H2,1-2H3. The van der Waals surface area contributed by atoms with Crippen molar-refractivity contribution in [3.05, 3.63) is 56.5 Å². The number of benzene rings is 2. The first kappa shape index (κ1) is 17.6. The summed E-state index contributed by atoms with van der Waals surface area (Å²) >= 11 is 24.2. The van der Waals surface area contributed by atoms with Gasteiger partial charge in [-0.3, -0.25) is 0 Å². The maximum Gasteiger partial charge on any atom is 0.169 e. The summed E-state index contributed by atoms with van der Waals surface area (Å²) in [4.78, 5) is 2.06. The van der Waals surface area contributed by atoms with E-state index in [0.717, 1.165) is 12.2 Å². The van der Waals surface area contributed by atoms with Crippen LogP contribution in [0, 0.1) is 0 Å². The monoisotopic (exact) mass is 377 g/mol. The van der Waals surface area contributed by atoms with E-state index in [9.17, 15) is 0 Å². The number of anilines is 1. The number of halogens is 4. The lowest BCUT2D eigenvalue weighted by atomic mass is 10.2. The van der Waals surface area contributed by atoms with Crippen LogP contribution in [0.4, 0.5) is 5.69 Å². The van der Waals surface area contributed by atoms with E-state index in [1.54, 1.807) is 12.1 Å². The summed E-state index contributed by atoms with van der Waals surface area (Å²) < 4.78 is 5.94. The van der Waals surface area contributed by atoms with Crippen LogP contribution in [0.25, 0.3) is 0 Å². The topological polar surface area (TPSA) is 12.5 Å². The Kier molecular flexibility index (Phi) is 6.10. The Balaban J connectivity index is 2.23. The molecule has 1 atom stereocenters. The first-order chi connectivity index (χ1) is 10.4. The summed E-state index contributed by atoms with van der Waals surface area (Å²) in [6, 6.07) is 10.8. The molecule has 0 radical (unpaired) electrons. The summed E-state index contributed by atoms with van der Waals surface area (Å²) in [7, 11) is 0. The van der Waals surface area contributed by atoms with Gasteiger partial charge >= 0.3 is 0 Å². The summed E-state index contributed by atoms with van der Waals surface area (Å²) in [6.07, 6.45) is -0.252. The van der Waals surface area contributed by atoms with E-state index < -0.39 is 0 Å². The zero-order valence-electron chi connectivity index (χ0n) is 12.1. The van der Waals surface area contributed by atoms with Crippen LogP contribution in [0.3, 0.4) is 0 Å². The molecule has 0 bridgehead atoms. The minimum absolute atomic E-state index is 0.252. The summed E-state index contributed by atoms with van der Waals surface area (Å²) in [5.41, 5.74) is 0.971. The molecule has 0 heterocycles. The predicted octanol–water partition coefficient (Wildman–Crippen LogP) is 6.55. The van der Waals surface area contributed by atoms with Crippen LogP contribution in [0.5, 0.6) is 5.75 Å². The maximum atomic E-state index is 6.16. The predicted molar refractivity (Wildman–Crippen MR) is 96.0 cm³/mol. The molecular formula is C16H15Cl4NO. The van der Waals surface area contributed by atoms with Gasteiger partial charge in [0.1, 0.15) is 5.75 Å². The first-order valence-corrected chi connectivity index (χ1v) is 8.27. The molecule has 0 aromatic heterocycles. The van der Waals surface area contributed by atoms with Gasteiger partial charge in [0.05, 0.1) is 15.1 Å². The van der Waals surface area contributed by atoms with E-state index in [-0.39, 0.29) is 6.23 Å². The number of nitrogens with zero attached hydrogens (tertiary/aromatic N) is 1. The summed E-state index contributed by atoms with van der Waals surface area (Å²) in [6.45, 7) is 4.72. The molecule has 0 fully saturated rings. The second-order valence-corrected chi connectivity index (χ2v) is 6.34. The van der Waals surface area contributed by atoms with Crippen molar-refractivity contribution in [2.45, 2.75) is 20.1 Å². The molecule has 0 aliphatic heterocycles. The van der Waals surface area contributed by atoms with E-state index in [1.807, 2.05) is 38.1 Å². The van der Waals surface area contributed by atoms with Gasteiger partial charge in [0.25, 0.3) is 0 Å². The van der Waals surface area contributed by atoms with Crippen molar-refractivity contribution in [1.29, 1.82) is 0 Å². The van der Waals surface area contributed by atoms with Crippen molar-refractivity contribution in [3.8, 4) is 5.75 Å². The number of hydrogen-bond donors (Lipinski definition) is 0. The van der Waals surface area contributed by atoms with Crippen molar-refractivity contribution in [1.82, 2.24) is 0 Å². The average molecular weight is 379 g/mol. The smallest absolute Gasteiger partial charge is 0.169 e. The quantitative estimate of drug-likeness (QED) is 0.431. The van der Waals surface area contributed by atoms with Gasteiger partial charge in [0.15, 0.2) is 6.23 Å². The fraction of sp³-hybridized carbons (Fsp3) is 0.250. The molecule has 0 aliphatic rings. The molecule has 0 aliphatic carbocycles. The van der Waals surface area contributed by atoms with E-state index in [0.29, 0.717) is 25.8 Å². The molecule has 2 rings (SSSR count). The molecular weight excluding hydrogens is 364 g/mol. The number of ether oxygens (including phenoxy) is 1. The zero-order chi connectivity index (χ0) is 16.3. The van der Waals surface area contributed by atoms with Crippen molar-refractivity contribution in [3.63, 3.8) is 0 Å². The van der Waals surface area contributed by atoms with E-state index in [1.165, 1.54) is 0 Å². The SMILES string of the molecule is CCN(c1cccc(Cl)c1)C(C)Oc1cc(Cl)c(Cl)cc1Cl. The Hall–Kier alpha value is -0.800. The van der Waals surface area contributed by atoms with Crippen LogP contribution in [0.2, 0.25) is 20.1 Å². The van der Waals surface area contributed by atoms with Crippen molar-refractivity contribution < 1.29 is 4.74 Å². The van der Waals surface area contributed by atoms with Crippen molar-refractivity contribution in [2.75, 3.05) is 11.4 Å². The van der Waals surface area contributed by atoms with Crippen LogP contribution in [0.1, 0.15) is 13.8 Å². The summed E-state index contributed by atoms with van der Waals surface area (Å²) in [5.74, 6) is 0.490. The molecule has 0 spiro atoms.